The number of nitrogens with zero attached hydrogens (tertiary/aromatic N) is 2. The van der Waals surface area contributed by atoms with Gasteiger partial charge in [-0.3, -0.25) is 24.6 Å². The molecule has 28 heavy (non-hydrogen) atoms. The average molecular weight is 407 g/mol. The maximum absolute atomic E-state index is 12.7. The van der Waals surface area contributed by atoms with Crippen molar-refractivity contribution >= 4 is 35.3 Å². The molecular formula is C17H17N3O7S. The predicted octanol–water partition coefficient (Wildman–Crippen LogP) is 0.698. The van der Waals surface area contributed by atoms with Gasteiger partial charge in [0.25, 0.3) is 5.69 Å². The van der Waals surface area contributed by atoms with Crippen molar-refractivity contribution in [1.29, 1.82) is 0 Å². The summed E-state index contributed by atoms with van der Waals surface area (Å²) >= 11 is 1.38. The second-order valence-electron chi connectivity index (χ2n) is 6.17. The van der Waals surface area contributed by atoms with Crippen molar-refractivity contribution in [2.45, 2.75) is 24.9 Å². The van der Waals surface area contributed by atoms with E-state index in [1.54, 1.807) is 0 Å². The lowest BCUT2D eigenvalue weighted by Crippen LogP contribution is -2.68. The van der Waals surface area contributed by atoms with Crippen LogP contribution in [0.4, 0.5) is 5.69 Å². The number of fused-ring (bicyclic) bond motifs is 1. The maximum Gasteiger partial charge on any atom is 0.355 e. The lowest BCUT2D eigenvalue weighted by atomic mass is 10.0. The van der Waals surface area contributed by atoms with Gasteiger partial charge in [0.1, 0.15) is 30.3 Å². The van der Waals surface area contributed by atoms with Crippen LogP contribution in [0.3, 0.4) is 0 Å². The van der Waals surface area contributed by atoms with E-state index >= 15 is 0 Å². The Balaban J connectivity index is 1.75. The number of benzene rings is 1. The third kappa shape index (κ3) is 3.85. The molecule has 0 aliphatic carbocycles. The van der Waals surface area contributed by atoms with Gasteiger partial charge in [0, 0.05) is 30.4 Å². The molecule has 1 aromatic rings. The number of rotatable bonds is 6. The number of carbonyl (C=O) groups excluding carboxylic acids is 3. The number of hydrogen-bond donors (Lipinski definition) is 1. The van der Waals surface area contributed by atoms with Crippen molar-refractivity contribution < 1.29 is 28.8 Å². The number of nitrogens with two attached hydrogens (primary N) is 1. The minimum absolute atomic E-state index is 0.0404. The van der Waals surface area contributed by atoms with E-state index in [1.807, 2.05) is 0 Å². The highest BCUT2D eigenvalue weighted by Crippen LogP contribution is 2.39. The second-order valence-corrected chi connectivity index (χ2v) is 7.27. The van der Waals surface area contributed by atoms with Gasteiger partial charge in [-0.2, -0.15) is 0 Å². The molecule has 11 heteroatoms. The first-order chi connectivity index (χ1) is 13.3. The van der Waals surface area contributed by atoms with Crippen LogP contribution >= 0.6 is 11.8 Å². The Kier molecular flexibility index (Phi) is 5.66. The Labute approximate surface area is 163 Å². The lowest BCUT2D eigenvalue weighted by Gasteiger charge is -2.48. The number of β-lactam (4-membered cyclic amide) rings is 1. The standard InChI is InChI=1S/C17H17N3O7S/c1-9(21)26-7-11-8-28-16-13(18)15(22)19(16)14(11)17(23)27-6-10-2-4-12(5-3-10)20(24)25/h2-5,13,16H,6-8,18H2,1H3/t13?,16-/m0/s1. The van der Waals surface area contributed by atoms with Crippen LogP contribution in [0.5, 0.6) is 0 Å². The zero-order valence-electron chi connectivity index (χ0n) is 14.8. The molecule has 2 aliphatic heterocycles. The number of carbonyl (C=O) groups is 3. The normalized spacial score (nSPS) is 20.9. The van der Waals surface area contributed by atoms with Crippen LogP contribution in [-0.4, -0.2) is 51.4 Å². The minimum atomic E-state index is -0.744. The average Bonchev–Trinajstić information content (AvgIpc) is 2.69. The molecule has 0 aromatic heterocycles. The molecule has 0 radical (unpaired) electrons. The van der Waals surface area contributed by atoms with Crippen molar-refractivity contribution in [3.05, 3.63) is 51.2 Å². The molecule has 1 amide bonds. The van der Waals surface area contributed by atoms with E-state index in [-0.39, 0.29) is 30.0 Å². The molecule has 2 atom stereocenters. The number of thioether (sulfide) groups is 1. The van der Waals surface area contributed by atoms with Crippen LogP contribution in [0.2, 0.25) is 0 Å². The van der Waals surface area contributed by atoms with Crippen molar-refractivity contribution in [1.82, 2.24) is 4.90 Å². The van der Waals surface area contributed by atoms with E-state index in [9.17, 15) is 24.5 Å². The third-order valence-corrected chi connectivity index (χ3v) is 5.61. The number of esters is 2. The first-order valence-electron chi connectivity index (χ1n) is 8.25. The Hall–Kier alpha value is -2.92. The van der Waals surface area contributed by atoms with Crippen molar-refractivity contribution in [3.8, 4) is 0 Å². The summed E-state index contributed by atoms with van der Waals surface area (Å²) in [6.07, 6.45) is 0. The molecule has 1 aromatic carbocycles. The van der Waals surface area contributed by atoms with E-state index in [0.29, 0.717) is 16.9 Å². The molecule has 10 nitrogen and oxygen atoms in total. The van der Waals surface area contributed by atoms with E-state index in [4.69, 9.17) is 15.2 Å². The quantitative estimate of drug-likeness (QED) is 0.312. The minimum Gasteiger partial charge on any atom is -0.461 e. The maximum atomic E-state index is 12.7. The highest BCUT2D eigenvalue weighted by molar-refractivity contribution is 8.00. The summed E-state index contributed by atoms with van der Waals surface area (Å²) in [4.78, 5) is 47.4. The predicted molar refractivity (Wildman–Crippen MR) is 97.6 cm³/mol. The fourth-order valence-corrected chi connectivity index (χ4v) is 4.07. The molecule has 0 saturated carbocycles. The molecule has 0 bridgehead atoms. The summed E-state index contributed by atoms with van der Waals surface area (Å²) in [7, 11) is 0. The van der Waals surface area contributed by atoms with E-state index < -0.39 is 28.8 Å². The summed E-state index contributed by atoms with van der Waals surface area (Å²) in [6.45, 7) is 0.986. The summed E-state index contributed by atoms with van der Waals surface area (Å²) in [5.41, 5.74) is 6.76. The molecule has 3 rings (SSSR count). The highest BCUT2D eigenvalue weighted by atomic mass is 32.2. The van der Waals surface area contributed by atoms with Crippen LogP contribution in [0.1, 0.15) is 12.5 Å². The van der Waals surface area contributed by atoms with Crippen LogP contribution in [-0.2, 0) is 30.5 Å². The van der Waals surface area contributed by atoms with E-state index in [0.717, 1.165) is 0 Å². The summed E-state index contributed by atoms with van der Waals surface area (Å²) in [5.74, 6) is -1.28. The van der Waals surface area contributed by atoms with Gasteiger partial charge < -0.3 is 15.2 Å². The van der Waals surface area contributed by atoms with Gasteiger partial charge in [0.2, 0.25) is 5.91 Å². The topological polar surface area (TPSA) is 142 Å². The number of hydrogen-bond acceptors (Lipinski definition) is 9. The Bertz CT molecular complexity index is 868. The van der Waals surface area contributed by atoms with Crippen molar-refractivity contribution in [2.24, 2.45) is 5.73 Å². The molecule has 2 N–H and O–H groups in total. The Morgan fingerprint density at radius 1 is 1.29 bits per heavy atom. The number of nitro groups is 1. The van der Waals surface area contributed by atoms with Crippen molar-refractivity contribution in [3.63, 3.8) is 0 Å². The SMILES string of the molecule is CC(=O)OCC1=C(C(=O)OCc2ccc([N+](=O)[O-])cc2)N2C(=O)C(N)[C@@H]2SC1. The molecule has 2 aliphatic rings. The van der Waals surface area contributed by atoms with Gasteiger partial charge in [-0.05, 0) is 17.7 Å². The molecule has 2 heterocycles. The van der Waals surface area contributed by atoms with Gasteiger partial charge in [-0.1, -0.05) is 0 Å². The van der Waals surface area contributed by atoms with Crippen LogP contribution in [0, 0.1) is 10.1 Å². The number of nitro benzene ring substituents is 1. The fraction of sp³-hybridized carbons (Fsp3) is 0.353. The lowest BCUT2D eigenvalue weighted by molar-refractivity contribution is -0.384. The van der Waals surface area contributed by atoms with E-state index in [2.05, 4.69) is 0 Å². The number of non-ortho nitro benzene ring substituents is 1. The zero-order chi connectivity index (χ0) is 20.4. The molecule has 1 fully saturated rings. The number of amides is 1. The first kappa shape index (κ1) is 19.8. The summed E-state index contributed by atoms with van der Waals surface area (Å²) in [5, 5.41) is 10.3. The Morgan fingerprint density at radius 3 is 2.57 bits per heavy atom. The van der Waals surface area contributed by atoms with Gasteiger partial charge in [0.05, 0.1) is 4.92 Å². The fourth-order valence-electron chi connectivity index (χ4n) is 2.80. The zero-order valence-corrected chi connectivity index (χ0v) is 15.6. The largest absolute Gasteiger partial charge is 0.461 e. The van der Waals surface area contributed by atoms with Crippen LogP contribution in [0.25, 0.3) is 0 Å². The smallest absolute Gasteiger partial charge is 0.355 e. The van der Waals surface area contributed by atoms with Crippen LogP contribution < -0.4 is 5.73 Å². The second kappa shape index (κ2) is 7.98. The van der Waals surface area contributed by atoms with Crippen molar-refractivity contribution in [2.75, 3.05) is 12.4 Å². The van der Waals surface area contributed by atoms with Gasteiger partial charge >= 0.3 is 11.9 Å². The van der Waals surface area contributed by atoms with E-state index in [1.165, 1.54) is 47.9 Å². The molecule has 0 spiro atoms. The number of ether oxygens (including phenoxy) is 2. The molecule has 148 valence electrons. The molecule has 1 unspecified atom stereocenters. The van der Waals surface area contributed by atoms with Gasteiger partial charge in [0.15, 0.2) is 0 Å². The molecular weight excluding hydrogens is 390 g/mol. The first-order valence-corrected chi connectivity index (χ1v) is 9.30. The third-order valence-electron chi connectivity index (χ3n) is 4.25. The Morgan fingerprint density at radius 2 is 1.96 bits per heavy atom. The van der Waals surface area contributed by atoms with Crippen LogP contribution in [0.15, 0.2) is 35.5 Å². The molecule has 1 saturated heterocycles. The van der Waals surface area contributed by atoms with Gasteiger partial charge in [-0.15, -0.1) is 11.8 Å². The summed E-state index contributed by atoms with van der Waals surface area (Å²) in [6, 6.07) is 4.87. The van der Waals surface area contributed by atoms with Gasteiger partial charge in [-0.25, -0.2) is 4.79 Å². The monoisotopic (exact) mass is 407 g/mol. The highest BCUT2D eigenvalue weighted by Gasteiger charge is 2.52. The summed E-state index contributed by atoms with van der Waals surface area (Å²) < 4.78 is 10.3.